The molecule has 4 heteroatoms. The lowest BCUT2D eigenvalue weighted by Gasteiger charge is -2.14. The van der Waals surface area contributed by atoms with E-state index in [0.717, 1.165) is 24.2 Å². The van der Waals surface area contributed by atoms with E-state index >= 15 is 0 Å². The van der Waals surface area contributed by atoms with Crippen molar-refractivity contribution < 1.29 is 9.53 Å². The second-order valence-electron chi connectivity index (χ2n) is 4.39. The van der Waals surface area contributed by atoms with E-state index in [4.69, 9.17) is 10.00 Å². The van der Waals surface area contributed by atoms with Crippen LogP contribution in [0, 0.1) is 17.2 Å². The van der Waals surface area contributed by atoms with Gasteiger partial charge in [-0.15, -0.1) is 0 Å². The molecule has 0 aliphatic carbocycles. The summed E-state index contributed by atoms with van der Waals surface area (Å²) in [6.45, 7) is 2.72. The Balaban J connectivity index is 2.17. The van der Waals surface area contributed by atoms with Gasteiger partial charge in [0, 0.05) is 12.1 Å². The SMILES string of the molecule is CCOC(=O)C(C#N)C=CC1=NCCc2ccccc21. The van der Waals surface area contributed by atoms with Crippen LogP contribution in [0.1, 0.15) is 18.1 Å². The normalized spacial score (nSPS) is 15.1. The second-order valence-corrected chi connectivity index (χ2v) is 4.39. The molecule has 0 N–H and O–H groups in total. The third-order valence-electron chi connectivity index (χ3n) is 3.08. The van der Waals surface area contributed by atoms with Gasteiger partial charge in [0.05, 0.1) is 18.4 Å². The van der Waals surface area contributed by atoms with Gasteiger partial charge in [0.15, 0.2) is 5.92 Å². The van der Waals surface area contributed by atoms with Gasteiger partial charge in [0.1, 0.15) is 0 Å². The van der Waals surface area contributed by atoms with Gasteiger partial charge in [-0.05, 0) is 25.0 Å². The van der Waals surface area contributed by atoms with Crippen LogP contribution in [0.4, 0.5) is 0 Å². The lowest BCUT2D eigenvalue weighted by molar-refractivity contribution is -0.144. The number of benzene rings is 1. The third kappa shape index (κ3) is 3.12. The Morgan fingerprint density at radius 3 is 3.10 bits per heavy atom. The Morgan fingerprint density at radius 2 is 2.35 bits per heavy atom. The van der Waals surface area contributed by atoms with E-state index in [0.29, 0.717) is 0 Å². The van der Waals surface area contributed by atoms with Crippen molar-refractivity contribution >= 4 is 11.7 Å². The highest BCUT2D eigenvalue weighted by Gasteiger charge is 2.17. The molecule has 0 radical (unpaired) electrons. The molecule has 102 valence electrons. The van der Waals surface area contributed by atoms with Crippen LogP contribution in [0.3, 0.4) is 0 Å². The van der Waals surface area contributed by atoms with E-state index in [1.165, 1.54) is 5.56 Å². The van der Waals surface area contributed by atoms with Gasteiger partial charge < -0.3 is 4.74 Å². The smallest absolute Gasteiger partial charge is 0.327 e. The van der Waals surface area contributed by atoms with Crippen molar-refractivity contribution in [3.8, 4) is 6.07 Å². The summed E-state index contributed by atoms with van der Waals surface area (Å²) in [4.78, 5) is 16.0. The van der Waals surface area contributed by atoms with Crippen LogP contribution in [-0.4, -0.2) is 24.8 Å². The maximum absolute atomic E-state index is 11.6. The molecule has 20 heavy (non-hydrogen) atoms. The van der Waals surface area contributed by atoms with Gasteiger partial charge in [-0.1, -0.05) is 30.3 Å². The highest BCUT2D eigenvalue weighted by molar-refractivity contribution is 6.10. The van der Waals surface area contributed by atoms with Gasteiger partial charge in [0.2, 0.25) is 0 Å². The van der Waals surface area contributed by atoms with Gasteiger partial charge in [0.25, 0.3) is 0 Å². The minimum absolute atomic E-state index is 0.272. The van der Waals surface area contributed by atoms with Crippen LogP contribution in [0.15, 0.2) is 41.4 Å². The number of nitriles is 1. The number of hydrogen-bond donors (Lipinski definition) is 0. The fourth-order valence-electron chi connectivity index (χ4n) is 2.11. The summed E-state index contributed by atoms with van der Waals surface area (Å²) in [7, 11) is 0. The van der Waals surface area contributed by atoms with Crippen molar-refractivity contribution in [2.75, 3.05) is 13.2 Å². The van der Waals surface area contributed by atoms with Gasteiger partial charge in [-0.25, -0.2) is 0 Å². The molecule has 1 aliphatic heterocycles. The first-order valence-corrected chi connectivity index (χ1v) is 6.63. The molecule has 0 aromatic heterocycles. The molecule has 0 bridgehead atoms. The van der Waals surface area contributed by atoms with E-state index in [2.05, 4.69) is 11.1 Å². The number of hydrogen-bond acceptors (Lipinski definition) is 4. The first-order valence-electron chi connectivity index (χ1n) is 6.63. The van der Waals surface area contributed by atoms with Crippen LogP contribution in [0.5, 0.6) is 0 Å². The molecule has 0 saturated heterocycles. The predicted molar refractivity (Wildman–Crippen MR) is 76.4 cm³/mol. The molecule has 1 atom stereocenters. The maximum atomic E-state index is 11.6. The highest BCUT2D eigenvalue weighted by Crippen LogP contribution is 2.17. The van der Waals surface area contributed by atoms with Crippen LogP contribution in [0.2, 0.25) is 0 Å². The number of carbonyl (C=O) groups is 1. The molecule has 1 aromatic carbocycles. The monoisotopic (exact) mass is 268 g/mol. The summed E-state index contributed by atoms with van der Waals surface area (Å²) in [6, 6.07) is 9.97. The van der Waals surface area contributed by atoms with Crippen LogP contribution >= 0.6 is 0 Å². The first kappa shape index (κ1) is 14.0. The average Bonchev–Trinajstić information content (AvgIpc) is 2.48. The molecular formula is C16H16N2O2. The Labute approximate surface area is 118 Å². The minimum atomic E-state index is -0.883. The third-order valence-corrected chi connectivity index (χ3v) is 3.08. The van der Waals surface area contributed by atoms with E-state index in [1.54, 1.807) is 19.1 Å². The molecule has 4 nitrogen and oxygen atoms in total. The number of carbonyl (C=O) groups excluding carboxylic acids is 1. The van der Waals surface area contributed by atoms with Gasteiger partial charge in [-0.3, -0.25) is 9.79 Å². The summed E-state index contributed by atoms with van der Waals surface area (Å²) in [5, 5.41) is 9.01. The largest absolute Gasteiger partial charge is 0.465 e. The Morgan fingerprint density at radius 1 is 1.55 bits per heavy atom. The van der Waals surface area contributed by atoms with Crippen LogP contribution < -0.4 is 0 Å². The molecule has 1 unspecified atom stereocenters. The number of fused-ring (bicyclic) bond motifs is 1. The summed E-state index contributed by atoms with van der Waals surface area (Å²) in [5.74, 6) is -1.40. The minimum Gasteiger partial charge on any atom is -0.465 e. The Bertz CT molecular complexity index is 597. The van der Waals surface area contributed by atoms with Crippen molar-refractivity contribution in [3.63, 3.8) is 0 Å². The van der Waals surface area contributed by atoms with Crippen molar-refractivity contribution in [3.05, 3.63) is 47.5 Å². The van der Waals surface area contributed by atoms with Crippen molar-refractivity contribution in [2.24, 2.45) is 10.9 Å². The number of allylic oxidation sites excluding steroid dienone is 1. The van der Waals surface area contributed by atoms with Crippen LogP contribution in [0.25, 0.3) is 0 Å². The molecule has 0 amide bonds. The van der Waals surface area contributed by atoms with E-state index in [9.17, 15) is 4.79 Å². The fraction of sp³-hybridized carbons (Fsp3) is 0.312. The van der Waals surface area contributed by atoms with Crippen molar-refractivity contribution in [2.45, 2.75) is 13.3 Å². The molecule has 2 rings (SSSR count). The van der Waals surface area contributed by atoms with Gasteiger partial charge >= 0.3 is 5.97 Å². The summed E-state index contributed by atoms with van der Waals surface area (Å²) in [5.41, 5.74) is 3.12. The summed E-state index contributed by atoms with van der Waals surface area (Å²) in [6.07, 6.45) is 4.22. The van der Waals surface area contributed by atoms with Crippen molar-refractivity contribution in [1.29, 1.82) is 5.26 Å². The van der Waals surface area contributed by atoms with Gasteiger partial charge in [-0.2, -0.15) is 5.26 Å². The van der Waals surface area contributed by atoms with E-state index < -0.39 is 11.9 Å². The summed E-state index contributed by atoms with van der Waals surface area (Å²) >= 11 is 0. The standard InChI is InChI=1S/C16H16N2O2/c1-2-20-16(19)13(11-17)7-8-15-14-6-4-3-5-12(14)9-10-18-15/h3-8,13H,2,9-10H2,1H3. The number of esters is 1. The molecule has 0 saturated carbocycles. The van der Waals surface area contributed by atoms with Crippen molar-refractivity contribution in [1.82, 2.24) is 0 Å². The van der Waals surface area contributed by atoms with Crippen LogP contribution in [-0.2, 0) is 16.0 Å². The maximum Gasteiger partial charge on any atom is 0.327 e. The molecular weight excluding hydrogens is 252 g/mol. The molecule has 0 fully saturated rings. The fourth-order valence-corrected chi connectivity index (χ4v) is 2.11. The summed E-state index contributed by atoms with van der Waals surface area (Å²) < 4.78 is 4.85. The zero-order chi connectivity index (χ0) is 14.4. The van der Waals surface area contributed by atoms with E-state index in [-0.39, 0.29) is 6.61 Å². The Kier molecular flexibility index (Phi) is 4.67. The average molecular weight is 268 g/mol. The molecule has 1 aliphatic rings. The molecule has 1 heterocycles. The number of nitrogens with zero attached hydrogens (tertiary/aromatic N) is 2. The zero-order valence-electron chi connectivity index (χ0n) is 11.4. The predicted octanol–water partition coefficient (Wildman–Crippen LogP) is 2.29. The lowest BCUT2D eigenvalue weighted by Crippen LogP contribution is -2.15. The number of ether oxygens (including phenoxy) is 1. The van der Waals surface area contributed by atoms with E-state index in [1.807, 2.05) is 24.3 Å². The topological polar surface area (TPSA) is 62.5 Å². The molecule has 1 aromatic rings. The lowest BCUT2D eigenvalue weighted by atomic mass is 9.97. The number of rotatable bonds is 4. The zero-order valence-corrected chi connectivity index (χ0v) is 11.4. The Hall–Kier alpha value is -2.41. The second kappa shape index (κ2) is 6.67. The highest BCUT2D eigenvalue weighted by atomic mass is 16.5. The molecule has 0 spiro atoms. The first-order chi connectivity index (χ1) is 9.76. The quantitative estimate of drug-likeness (QED) is 0.787. The number of aliphatic imine (C=N–C) groups is 1.